The van der Waals surface area contributed by atoms with E-state index < -0.39 is 23.6 Å². The number of rotatable bonds is 3. The number of aliphatic hydroxyl groups is 1. The van der Waals surface area contributed by atoms with E-state index >= 15 is 0 Å². The van der Waals surface area contributed by atoms with Gasteiger partial charge >= 0.3 is 0 Å². The zero-order chi connectivity index (χ0) is 16.6. The quantitative estimate of drug-likeness (QED) is 0.938. The fraction of sp³-hybridized carbons (Fsp3) is 0.375. The van der Waals surface area contributed by atoms with E-state index in [0.717, 1.165) is 17.8 Å². The Balaban J connectivity index is 1.71. The molecule has 5 nitrogen and oxygen atoms in total. The molecule has 0 spiro atoms. The molecule has 1 N–H and O–H groups in total. The number of carbonyl (C=O) groups is 1. The Hall–Kier alpha value is -2.28. The van der Waals surface area contributed by atoms with Crippen molar-refractivity contribution in [1.82, 2.24) is 10.1 Å². The van der Waals surface area contributed by atoms with Crippen LogP contribution in [0.1, 0.15) is 21.8 Å². The number of aromatic nitrogens is 1. The highest BCUT2D eigenvalue weighted by molar-refractivity contribution is 5.94. The third-order valence-corrected chi connectivity index (χ3v) is 3.94. The summed E-state index contributed by atoms with van der Waals surface area (Å²) in [5.41, 5.74) is 0.682. The van der Waals surface area contributed by atoms with Gasteiger partial charge in [0.05, 0.1) is 11.8 Å². The Bertz CT molecular complexity index is 712. The number of halogens is 2. The summed E-state index contributed by atoms with van der Waals surface area (Å²) in [6.07, 6.45) is -0.272. The first-order chi connectivity index (χ1) is 10.9. The molecule has 0 unspecified atom stereocenters. The predicted octanol–water partition coefficient (Wildman–Crippen LogP) is 1.94. The average Bonchev–Trinajstić information content (AvgIpc) is 3.04. The first-order valence-corrected chi connectivity index (χ1v) is 7.28. The van der Waals surface area contributed by atoms with Crippen LogP contribution in [0.3, 0.4) is 0 Å². The smallest absolute Gasteiger partial charge is 0.254 e. The highest BCUT2D eigenvalue weighted by atomic mass is 19.1. The van der Waals surface area contributed by atoms with E-state index in [1.807, 2.05) is 0 Å². The molecule has 0 bridgehead atoms. The highest BCUT2D eigenvalue weighted by Crippen LogP contribution is 2.24. The van der Waals surface area contributed by atoms with Crippen LogP contribution in [0.15, 0.2) is 28.8 Å². The van der Waals surface area contributed by atoms with Gasteiger partial charge in [0.2, 0.25) is 0 Å². The number of aliphatic hydroxyl groups excluding tert-OH is 1. The lowest BCUT2D eigenvalue weighted by molar-refractivity contribution is 0.0763. The normalized spacial score (nSPS) is 21.0. The fourth-order valence-corrected chi connectivity index (χ4v) is 2.85. The number of benzene rings is 1. The molecule has 0 aliphatic carbocycles. The van der Waals surface area contributed by atoms with E-state index in [2.05, 4.69) is 5.16 Å². The van der Waals surface area contributed by atoms with Gasteiger partial charge in [-0.3, -0.25) is 4.79 Å². The average molecular weight is 322 g/mol. The van der Waals surface area contributed by atoms with Crippen molar-refractivity contribution in [2.45, 2.75) is 19.4 Å². The molecule has 1 amide bonds. The third kappa shape index (κ3) is 3.39. The van der Waals surface area contributed by atoms with Crippen LogP contribution in [0.4, 0.5) is 8.78 Å². The van der Waals surface area contributed by atoms with E-state index in [-0.39, 0.29) is 24.6 Å². The van der Waals surface area contributed by atoms with Crippen LogP contribution >= 0.6 is 0 Å². The number of β-amino-alcohol motifs (C(OH)–C–C–N with tert-alkyl or cyclic N) is 1. The molecule has 1 aromatic carbocycles. The maximum Gasteiger partial charge on any atom is 0.254 e. The van der Waals surface area contributed by atoms with Gasteiger partial charge in [-0.25, -0.2) is 8.78 Å². The summed E-state index contributed by atoms with van der Waals surface area (Å²) >= 11 is 0. The second kappa shape index (κ2) is 6.08. The summed E-state index contributed by atoms with van der Waals surface area (Å²) in [5, 5.41) is 13.9. The Morgan fingerprint density at radius 1 is 1.30 bits per heavy atom. The van der Waals surface area contributed by atoms with Gasteiger partial charge in [0.1, 0.15) is 17.4 Å². The summed E-state index contributed by atoms with van der Waals surface area (Å²) in [6, 6.07) is 4.47. The summed E-state index contributed by atoms with van der Waals surface area (Å²) in [7, 11) is 0. The number of nitrogens with zero attached hydrogens (tertiary/aromatic N) is 2. The molecule has 1 aliphatic rings. The summed E-state index contributed by atoms with van der Waals surface area (Å²) in [6.45, 7) is 2.21. The summed E-state index contributed by atoms with van der Waals surface area (Å²) < 4.78 is 31.6. The molecule has 23 heavy (non-hydrogen) atoms. The van der Waals surface area contributed by atoms with Crippen molar-refractivity contribution >= 4 is 5.91 Å². The van der Waals surface area contributed by atoms with Crippen molar-refractivity contribution in [3.8, 4) is 0 Å². The SMILES string of the molecule is Cc1cc(C[C@@H]2CN(C(=O)c3cc(F)cc(F)c3)C[C@H]2O)on1. The van der Waals surface area contributed by atoms with Crippen molar-refractivity contribution < 1.29 is 23.2 Å². The lowest BCUT2D eigenvalue weighted by Crippen LogP contribution is -2.29. The molecule has 2 aromatic rings. The van der Waals surface area contributed by atoms with E-state index in [4.69, 9.17) is 4.52 Å². The minimum absolute atomic E-state index is 0.0640. The minimum atomic E-state index is -0.804. The number of carbonyl (C=O) groups excluding carboxylic acids is 1. The van der Waals surface area contributed by atoms with Gasteiger partial charge in [-0.15, -0.1) is 0 Å². The molecular weight excluding hydrogens is 306 g/mol. The molecule has 2 heterocycles. The van der Waals surface area contributed by atoms with Crippen molar-refractivity contribution in [1.29, 1.82) is 0 Å². The Morgan fingerprint density at radius 3 is 2.61 bits per heavy atom. The van der Waals surface area contributed by atoms with Gasteiger partial charge < -0.3 is 14.5 Å². The van der Waals surface area contributed by atoms with Crippen LogP contribution in [-0.4, -0.2) is 40.3 Å². The van der Waals surface area contributed by atoms with Crippen molar-refractivity contribution in [2.75, 3.05) is 13.1 Å². The fourth-order valence-electron chi connectivity index (χ4n) is 2.85. The van der Waals surface area contributed by atoms with Gasteiger partial charge in [0.15, 0.2) is 0 Å². The van der Waals surface area contributed by atoms with Crippen molar-refractivity contribution in [3.05, 3.63) is 52.9 Å². The maximum absolute atomic E-state index is 13.2. The second-order valence-corrected chi connectivity index (χ2v) is 5.83. The summed E-state index contributed by atoms with van der Waals surface area (Å²) in [5.74, 6) is -1.68. The van der Waals surface area contributed by atoms with Gasteiger partial charge in [-0.1, -0.05) is 5.16 Å². The molecule has 3 rings (SSSR count). The zero-order valence-electron chi connectivity index (χ0n) is 12.5. The van der Waals surface area contributed by atoms with E-state index in [9.17, 15) is 18.7 Å². The van der Waals surface area contributed by atoms with E-state index in [1.54, 1.807) is 13.0 Å². The van der Waals surface area contributed by atoms with Crippen LogP contribution in [-0.2, 0) is 6.42 Å². The van der Waals surface area contributed by atoms with E-state index in [1.165, 1.54) is 4.90 Å². The molecule has 122 valence electrons. The van der Waals surface area contributed by atoms with Crippen LogP contribution in [0.2, 0.25) is 0 Å². The molecule has 7 heteroatoms. The molecule has 0 radical (unpaired) electrons. The van der Waals surface area contributed by atoms with Crippen LogP contribution in [0.25, 0.3) is 0 Å². The first-order valence-electron chi connectivity index (χ1n) is 7.28. The molecular formula is C16H16F2N2O3. The number of amides is 1. The molecule has 1 fully saturated rings. The zero-order valence-corrected chi connectivity index (χ0v) is 12.5. The number of hydrogen-bond acceptors (Lipinski definition) is 4. The van der Waals surface area contributed by atoms with Crippen LogP contribution in [0, 0.1) is 24.5 Å². The maximum atomic E-state index is 13.2. The lowest BCUT2D eigenvalue weighted by Gasteiger charge is -2.16. The number of likely N-dealkylation sites (tertiary alicyclic amines) is 1. The van der Waals surface area contributed by atoms with E-state index in [0.29, 0.717) is 18.2 Å². The monoisotopic (exact) mass is 322 g/mol. The standard InChI is InChI=1S/C16H16F2N2O3/c1-9-2-14(23-19-9)5-11-7-20(8-15(11)21)16(22)10-3-12(17)6-13(18)4-10/h2-4,6,11,15,21H,5,7-8H2,1H3/t11-,15-/m1/s1. The van der Waals surface area contributed by atoms with Crippen LogP contribution in [0.5, 0.6) is 0 Å². The number of aryl methyl sites for hydroxylation is 1. The Morgan fingerprint density at radius 2 is 2.00 bits per heavy atom. The molecule has 0 saturated carbocycles. The topological polar surface area (TPSA) is 66.6 Å². The minimum Gasteiger partial charge on any atom is -0.391 e. The predicted molar refractivity (Wildman–Crippen MR) is 76.7 cm³/mol. The second-order valence-electron chi connectivity index (χ2n) is 5.83. The number of hydrogen-bond donors (Lipinski definition) is 1. The molecule has 1 aromatic heterocycles. The van der Waals surface area contributed by atoms with Crippen molar-refractivity contribution in [2.24, 2.45) is 5.92 Å². The largest absolute Gasteiger partial charge is 0.391 e. The molecule has 2 atom stereocenters. The highest BCUT2D eigenvalue weighted by Gasteiger charge is 2.35. The van der Waals surface area contributed by atoms with Crippen LogP contribution < -0.4 is 0 Å². The van der Waals surface area contributed by atoms with Gasteiger partial charge in [0.25, 0.3) is 5.91 Å². The first kappa shape index (κ1) is 15.6. The van der Waals surface area contributed by atoms with Crippen molar-refractivity contribution in [3.63, 3.8) is 0 Å². The van der Waals surface area contributed by atoms with Gasteiger partial charge in [-0.2, -0.15) is 0 Å². The van der Waals surface area contributed by atoms with Gasteiger partial charge in [-0.05, 0) is 19.1 Å². The Kier molecular flexibility index (Phi) is 4.12. The molecule has 1 aliphatic heterocycles. The molecule has 1 saturated heterocycles. The van der Waals surface area contributed by atoms with Gasteiger partial charge in [0, 0.05) is 43.1 Å². The Labute approximate surface area is 131 Å². The lowest BCUT2D eigenvalue weighted by atomic mass is 10.0. The summed E-state index contributed by atoms with van der Waals surface area (Å²) in [4.78, 5) is 13.7. The third-order valence-electron chi connectivity index (χ3n) is 3.94.